The van der Waals surface area contributed by atoms with E-state index in [0.717, 1.165) is 27.5 Å². The highest BCUT2D eigenvalue weighted by Gasteiger charge is 2.21. The lowest BCUT2D eigenvalue weighted by Crippen LogP contribution is -2.29. The number of halogens is 1. The molecule has 1 aromatic heterocycles. The first-order valence-corrected chi connectivity index (χ1v) is 7.92. The number of anilines is 1. The summed E-state index contributed by atoms with van der Waals surface area (Å²) in [4.78, 5) is 45.9. The molecule has 2 aromatic rings. The maximum absolute atomic E-state index is 12.1. The van der Waals surface area contributed by atoms with E-state index >= 15 is 0 Å². The van der Waals surface area contributed by atoms with Gasteiger partial charge in [-0.15, -0.1) is 0 Å². The summed E-state index contributed by atoms with van der Waals surface area (Å²) < 4.78 is 6.28. The van der Waals surface area contributed by atoms with Gasteiger partial charge >= 0.3 is 17.2 Å². The number of nitro groups is 1. The number of esters is 1. The first-order valence-electron chi connectivity index (χ1n) is 6.84. The molecular formula is C15H12IN3O6. The van der Waals surface area contributed by atoms with Crippen LogP contribution in [-0.2, 0) is 16.1 Å². The molecule has 0 aliphatic heterocycles. The Bertz CT molecular complexity index is 891. The van der Waals surface area contributed by atoms with Crippen LogP contribution < -0.4 is 10.9 Å². The molecule has 0 aliphatic rings. The van der Waals surface area contributed by atoms with Crippen molar-refractivity contribution in [3.05, 3.63) is 66.1 Å². The molecule has 10 heteroatoms. The first-order chi connectivity index (χ1) is 11.8. The van der Waals surface area contributed by atoms with Crippen molar-refractivity contribution in [2.45, 2.75) is 6.54 Å². The fraction of sp³-hybridized carbons (Fsp3) is 0.133. The van der Waals surface area contributed by atoms with Gasteiger partial charge in [-0.25, -0.2) is 4.79 Å². The van der Waals surface area contributed by atoms with Crippen LogP contribution in [0.1, 0.15) is 10.4 Å². The monoisotopic (exact) mass is 457 g/mol. The molecule has 0 atom stereocenters. The smallest absolute Gasteiger partial charge is 0.339 e. The quantitative estimate of drug-likeness (QED) is 0.317. The third-order valence-electron chi connectivity index (χ3n) is 3.13. The van der Waals surface area contributed by atoms with Crippen LogP contribution in [0, 0.1) is 13.7 Å². The molecule has 0 saturated carbocycles. The number of nitrogens with zero attached hydrogens (tertiary/aromatic N) is 2. The third kappa shape index (κ3) is 4.62. The first kappa shape index (κ1) is 18.6. The van der Waals surface area contributed by atoms with Crippen molar-refractivity contribution in [2.75, 3.05) is 12.4 Å². The molecule has 0 spiro atoms. The van der Waals surface area contributed by atoms with E-state index in [1.54, 1.807) is 24.3 Å². The molecule has 9 nitrogen and oxygen atoms in total. The molecule has 0 fully saturated rings. The van der Waals surface area contributed by atoms with Crippen molar-refractivity contribution in [1.29, 1.82) is 0 Å². The van der Waals surface area contributed by atoms with E-state index in [1.807, 2.05) is 0 Å². The number of hydrogen-bond donors (Lipinski definition) is 1. The van der Waals surface area contributed by atoms with Crippen molar-refractivity contribution in [3.8, 4) is 0 Å². The van der Waals surface area contributed by atoms with Crippen LogP contribution in [0.3, 0.4) is 0 Å². The Morgan fingerprint density at radius 3 is 2.52 bits per heavy atom. The Morgan fingerprint density at radius 1 is 1.32 bits per heavy atom. The van der Waals surface area contributed by atoms with Gasteiger partial charge in [0.15, 0.2) is 0 Å². The minimum absolute atomic E-state index is 0.198. The Labute approximate surface area is 154 Å². The second-order valence-electron chi connectivity index (χ2n) is 4.85. The van der Waals surface area contributed by atoms with E-state index in [-0.39, 0.29) is 5.56 Å². The van der Waals surface area contributed by atoms with E-state index in [0.29, 0.717) is 5.69 Å². The standard InChI is InChI=1S/C15H12IN3O6/c1-25-15(22)9-6-12(19(23)24)14(21)18(7-9)8-13(20)17-11-4-2-10(16)3-5-11/h2-7H,8H2,1H3,(H,17,20). The summed E-state index contributed by atoms with van der Waals surface area (Å²) in [5.74, 6) is -1.42. The van der Waals surface area contributed by atoms with Crippen LogP contribution in [0.2, 0.25) is 0 Å². The molecule has 0 aliphatic carbocycles. The maximum Gasteiger partial charge on any atom is 0.339 e. The third-order valence-corrected chi connectivity index (χ3v) is 3.85. The number of benzene rings is 1. The number of carbonyl (C=O) groups excluding carboxylic acids is 2. The van der Waals surface area contributed by atoms with Crippen LogP contribution in [0.5, 0.6) is 0 Å². The minimum Gasteiger partial charge on any atom is -0.465 e. The largest absolute Gasteiger partial charge is 0.465 e. The summed E-state index contributed by atoms with van der Waals surface area (Å²) in [6, 6.07) is 7.74. The van der Waals surface area contributed by atoms with Crippen LogP contribution in [0.25, 0.3) is 0 Å². The summed E-state index contributed by atoms with van der Waals surface area (Å²) >= 11 is 2.11. The zero-order chi connectivity index (χ0) is 18.6. The number of hydrogen-bond acceptors (Lipinski definition) is 6. The number of aromatic nitrogens is 1. The summed E-state index contributed by atoms with van der Waals surface area (Å²) in [6.07, 6.45) is 1.05. The normalized spacial score (nSPS) is 10.2. The van der Waals surface area contributed by atoms with E-state index in [1.165, 1.54) is 0 Å². The Morgan fingerprint density at radius 2 is 1.96 bits per heavy atom. The average molecular weight is 457 g/mol. The van der Waals surface area contributed by atoms with Gasteiger partial charge < -0.3 is 10.1 Å². The van der Waals surface area contributed by atoms with Gasteiger partial charge in [-0.2, -0.15) is 0 Å². The van der Waals surface area contributed by atoms with Gasteiger partial charge in [0.05, 0.1) is 17.6 Å². The van der Waals surface area contributed by atoms with Gasteiger partial charge in [-0.1, -0.05) is 0 Å². The highest BCUT2D eigenvalue weighted by Crippen LogP contribution is 2.12. The molecule has 0 bridgehead atoms. The van der Waals surface area contributed by atoms with Gasteiger partial charge in [-0.05, 0) is 46.9 Å². The molecule has 1 amide bonds. The lowest BCUT2D eigenvalue weighted by atomic mass is 10.2. The van der Waals surface area contributed by atoms with E-state index in [2.05, 4.69) is 32.6 Å². The van der Waals surface area contributed by atoms with E-state index in [4.69, 9.17) is 0 Å². The molecular weight excluding hydrogens is 445 g/mol. The fourth-order valence-corrected chi connectivity index (χ4v) is 2.35. The number of ether oxygens (including phenoxy) is 1. The lowest BCUT2D eigenvalue weighted by molar-refractivity contribution is -0.386. The lowest BCUT2D eigenvalue weighted by Gasteiger charge is -2.09. The molecule has 1 heterocycles. The van der Waals surface area contributed by atoms with Gasteiger partial charge in [-0.3, -0.25) is 24.3 Å². The van der Waals surface area contributed by atoms with Crippen LogP contribution in [0.15, 0.2) is 41.3 Å². The molecule has 130 valence electrons. The Balaban J connectivity index is 2.30. The highest BCUT2D eigenvalue weighted by molar-refractivity contribution is 14.1. The molecule has 0 radical (unpaired) electrons. The van der Waals surface area contributed by atoms with Gasteiger partial charge in [0, 0.05) is 21.5 Å². The number of nitrogens with one attached hydrogen (secondary N) is 1. The van der Waals surface area contributed by atoms with Crippen LogP contribution in [0.4, 0.5) is 11.4 Å². The predicted octanol–water partition coefficient (Wildman–Crippen LogP) is 1.79. The van der Waals surface area contributed by atoms with Crippen molar-refractivity contribution in [2.24, 2.45) is 0 Å². The Hall–Kier alpha value is -2.76. The number of methoxy groups -OCH3 is 1. The summed E-state index contributed by atoms with van der Waals surface area (Å²) in [6.45, 7) is -0.490. The second-order valence-corrected chi connectivity index (χ2v) is 6.10. The highest BCUT2D eigenvalue weighted by atomic mass is 127. The average Bonchev–Trinajstić information content (AvgIpc) is 2.57. The van der Waals surface area contributed by atoms with Gasteiger partial charge in [0.25, 0.3) is 0 Å². The topological polar surface area (TPSA) is 121 Å². The second kappa shape index (κ2) is 7.88. The molecule has 1 aromatic carbocycles. The summed E-state index contributed by atoms with van der Waals surface area (Å²) in [7, 11) is 1.10. The number of pyridine rings is 1. The molecule has 1 N–H and O–H groups in total. The van der Waals surface area contributed by atoms with Crippen LogP contribution >= 0.6 is 22.6 Å². The molecule has 0 saturated heterocycles. The van der Waals surface area contributed by atoms with Crippen LogP contribution in [-0.4, -0.2) is 28.5 Å². The van der Waals surface area contributed by atoms with E-state index < -0.39 is 34.6 Å². The maximum atomic E-state index is 12.1. The zero-order valence-electron chi connectivity index (χ0n) is 12.9. The van der Waals surface area contributed by atoms with E-state index in [9.17, 15) is 24.5 Å². The van der Waals surface area contributed by atoms with Gasteiger partial charge in [0.1, 0.15) is 6.54 Å². The van der Waals surface area contributed by atoms with Crippen molar-refractivity contribution in [1.82, 2.24) is 4.57 Å². The number of amides is 1. The molecule has 25 heavy (non-hydrogen) atoms. The zero-order valence-corrected chi connectivity index (χ0v) is 15.1. The minimum atomic E-state index is -0.990. The van der Waals surface area contributed by atoms with Crippen molar-refractivity contribution >= 4 is 45.8 Å². The van der Waals surface area contributed by atoms with Crippen molar-refractivity contribution < 1.29 is 19.2 Å². The number of carbonyl (C=O) groups is 2. The fourth-order valence-electron chi connectivity index (χ4n) is 1.99. The SMILES string of the molecule is COC(=O)c1cc([N+](=O)[O-])c(=O)n(CC(=O)Nc2ccc(I)cc2)c1. The summed E-state index contributed by atoms with van der Waals surface area (Å²) in [5.41, 5.74) is -1.49. The predicted molar refractivity (Wildman–Crippen MR) is 96.5 cm³/mol. The molecule has 0 unspecified atom stereocenters. The van der Waals surface area contributed by atoms with Gasteiger partial charge in [0.2, 0.25) is 5.91 Å². The molecule has 2 rings (SSSR count). The number of rotatable bonds is 5. The van der Waals surface area contributed by atoms with Crippen molar-refractivity contribution in [3.63, 3.8) is 0 Å². The summed E-state index contributed by atoms with van der Waals surface area (Å²) in [5, 5.41) is 13.6. The Kier molecular flexibility index (Phi) is 5.85.